The number of rotatable bonds is 7. The van der Waals surface area contributed by atoms with Crippen LogP contribution in [-0.4, -0.2) is 29.8 Å². The van der Waals surface area contributed by atoms with Crippen molar-refractivity contribution in [3.8, 4) is 0 Å². The molecule has 0 spiro atoms. The van der Waals surface area contributed by atoms with Crippen molar-refractivity contribution in [1.29, 1.82) is 0 Å². The van der Waals surface area contributed by atoms with E-state index >= 15 is 0 Å². The molecule has 7 heteroatoms. The molecule has 0 unspecified atom stereocenters. The minimum atomic E-state index is -1.09. The summed E-state index contributed by atoms with van der Waals surface area (Å²) in [4.78, 5) is 33.0. The molecule has 0 bridgehead atoms. The largest absolute Gasteiger partial charge is 0.466 e. The molecule has 0 fully saturated rings. The maximum Gasteiger partial charge on any atom is 0.316 e. The molecule has 0 N–H and O–H groups in total. The molecule has 0 aliphatic carbocycles. The van der Waals surface area contributed by atoms with Crippen molar-refractivity contribution in [2.45, 2.75) is 13.3 Å². The number of ketones is 1. The average molecular weight is 255 g/mol. The first-order valence-electron chi connectivity index (χ1n) is 5.39. The van der Waals surface area contributed by atoms with Gasteiger partial charge in [-0.1, -0.05) is 0 Å². The van der Waals surface area contributed by atoms with Gasteiger partial charge in [0.15, 0.2) is 11.5 Å². The Morgan fingerprint density at radius 2 is 2.28 bits per heavy atom. The molecule has 98 valence electrons. The zero-order valence-corrected chi connectivity index (χ0v) is 9.83. The molecule has 1 atom stereocenters. The highest BCUT2D eigenvalue weighted by Gasteiger charge is 2.29. The van der Waals surface area contributed by atoms with E-state index in [9.17, 15) is 19.7 Å². The van der Waals surface area contributed by atoms with Gasteiger partial charge < -0.3 is 9.15 Å². The summed E-state index contributed by atoms with van der Waals surface area (Å²) in [5.41, 5.74) is 0. The van der Waals surface area contributed by atoms with Gasteiger partial charge in [-0.05, 0) is 19.1 Å². The third-order valence-electron chi connectivity index (χ3n) is 2.22. The molecule has 18 heavy (non-hydrogen) atoms. The van der Waals surface area contributed by atoms with Crippen molar-refractivity contribution in [3.05, 3.63) is 34.3 Å². The molecule has 1 aromatic rings. The van der Waals surface area contributed by atoms with Gasteiger partial charge in [0.2, 0.25) is 6.54 Å². The highest BCUT2D eigenvalue weighted by molar-refractivity contribution is 5.95. The molecule has 0 aromatic carbocycles. The van der Waals surface area contributed by atoms with Gasteiger partial charge in [-0.3, -0.25) is 19.7 Å². The summed E-state index contributed by atoms with van der Waals surface area (Å²) < 4.78 is 9.57. The van der Waals surface area contributed by atoms with Gasteiger partial charge in [0.25, 0.3) is 0 Å². The fourth-order valence-corrected chi connectivity index (χ4v) is 1.42. The predicted molar refractivity (Wildman–Crippen MR) is 59.6 cm³/mol. The van der Waals surface area contributed by atoms with Crippen LogP contribution in [0.5, 0.6) is 0 Å². The number of esters is 1. The first kappa shape index (κ1) is 13.9. The fourth-order valence-electron chi connectivity index (χ4n) is 1.42. The van der Waals surface area contributed by atoms with Gasteiger partial charge in [-0.25, -0.2) is 0 Å². The molecular weight excluding hydrogens is 242 g/mol. The maximum atomic E-state index is 11.7. The van der Waals surface area contributed by atoms with E-state index in [1.807, 2.05) is 0 Å². The molecule has 1 heterocycles. The average Bonchev–Trinajstić information content (AvgIpc) is 2.81. The first-order valence-corrected chi connectivity index (χ1v) is 5.39. The van der Waals surface area contributed by atoms with E-state index in [0.29, 0.717) is 0 Å². The number of nitrogens with zero attached hydrogens (tertiary/aromatic N) is 1. The number of carbonyl (C=O) groups excluding carboxylic acids is 2. The van der Waals surface area contributed by atoms with E-state index in [4.69, 9.17) is 9.15 Å². The lowest BCUT2D eigenvalue weighted by atomic mass is 10.0. The van der Waals surface area contributed by atoms with Crippen LogP contribution in [0.2, 0.25) is 0 Å². The Hall–Kier alpha value is -2.18. The third-order valence-corrected chi connectivity index (χ3v) is 2.22. The number of nitro groups is 1. The highest BCUT2D eigenvalue weighted by atomic mass is 16.6. The number of Topliss-reactive ketones (excluding diaryl/α,β-unsaturated/α-hetero) is 1. The van der Waals surface area contributed by atoms with Gasteiger partial charge in [0.05, 0.1) is 12.9 Å². The molecule has 0 aliphatic rings. The summed E-state index contributed by atoms with van der Waals surface area (Å²) in [7, 11) is 0. The molecule has 0 saturated carbocycles. The zero-order chi connectivity index (χ0) is 13.5. The highest BCUT2D eigenvalue weighted by Crippen LogP contribution is 2.13. The Kier molecular flexibility index (Phi) is 5.04. The second-order valence-corrected chi connectivity index (χ2v) is 3.57. The Balaban J connectivity index is 2.69. The van der Waals surface area contributed by atoms with Crippen molar-refractivity contribution >= 4 is 11.8 Å². The number of carbonyl (C=O) groups is 2. The van der Waals surface area contributed by atoms with E-state index in [2.05, 4.69) is 0 Å². The monoisotopic (exact) mass is 255 g/mol. The van der Waals surface area contributed by atoms with Crippen molar-refractivity contribution in [2.24, 2.45) is 5.92 Å². The predicted octanol–water partition coefficient (Wildman–Crippen LogP) is 1.31. The minimum absolute atomic E-state index is 0.0765. The van der Waals surface area contributed by atoms with Crippen LogP contribution in [0.25, 0.3) is 0 Å². The van der Waals surface area contributed by atoms with Gasteiger partial charge in [0, 0.05) is 11.3 Å². The van der Waals surface area contributed by atoms with Crippen molar-refractivity contribution in [1.82, 2.24) is 0 Å². The summed E-state index contributed by atoms with van der Waals surface area (Å²) in [6, 6.07) is 2.97. The molecule has 1 rings (SSSR count). The van der Waals surface area contributed by atoms with Gasteiger partial charge in [0.1, 0.15) is 5.92 Å². The lowest BCUT2D eigenvalue weighted by Gasteiger charge is -2.09. The number of hydrogen-bond acceptors (Lipinski definition) is 6. The van der Waals surface area contributed by atoms with Crippen LogP contribution < -0.4 is 0 Å². The Morgan fingerprint density at radius 1 is 1.56 bits per heavy atom. The lowest BCUT2D eigenvalue weighted by molar-refractivity contribution is -0.485. The van der Waals surface area contributed by atoms with Crippen molar-refractivity contribution in [3.63, 3.8) is 0 Å². The third kappa shape index (κ3) is 4.00. The van der Waals surface area contributed by atoms with Crippen LogP contribution in [0.15, 0.2) is 22.8 Å². The molecule has 1 aromatic heterocycles. The summed E-state index contributed by atoms with van der Waals surface area (Å²) in [6.07, 6.45) is 1.02. The summed E-state index contributed by atoms with van der Waals surface area (Å²) in [5, 5.41) is 10.4. The van der Waals surface area contributed by atoms with Crippen molar-refractivity contribution < 1.29 is 23.7 Å². The van der Waals surface area contributed by atoms with Crippen LogP contribution in [0.3, 0.4) is 0 Å². The van der Waals surface area contributed by atoms with Crippen LogP contribution in [0.1, 0.15) is 23.9 Å². The van der Waals surface area contributed by atoms with E-state index in [-0.39, 0.29) is 18.8 Å². The number of furan rings is 1. The van der Waals surface area contributed by atoms with E-state index in [0.717, 1.165) is 0 Å². The van der Waals surface area contributed by atoms with Gasteiger partial charge in [-0.2, -0.15) is 0 Å². The Morgan fingerprint density at radius 3 is 2.78 bits per heavy atom. The van der Waals surface area contributed by atoms with Crippen LogP contribution >= 0.6 is 0 Å². The smallest absolute Gasteiger partial charge is 0.316 e. The van der Waals surface area contributed by atoms with Gasteiger partial charge >= 0.3 is 5.97 Å². The quantitative estimate of drug-likeness (QED) is 0.315. The minimum Gasteiger partial charge on any atom is -0.466 e. The second kappa shape index (κ2) is 6.53. The van der Waals surface area contributed by atoms with Gasteiger partial charge in [-0.15, -0.1) is 0 Å². The second-order valence-electron chi connectivity index (χ2n) is 3.57. The van der Waals surface area contributed by atoms with Crippen molar-refractivity contribution in [2.75, 3.05) is 13.2 Å². The zero-order valence-electron chi connectivity index (χ0n) is 9.83. The van der Waals surface area contributed by atoms with Crippen LogP contribution in [-0.2, 0) is 9.53 Å². The standard InChI is InChI=1S/C11H13NO6/c1-2-17-11(14)8(7-12(15)16)6-9(13)10-4-3-5-18-10/h3-5,8H,2,6-7H2,1H3/t8-/m1/s1. The molecule has 0 radical (unpaired) electrons. The first-order chi connectivity index (χ1) is 8.54. The molecule has 7 nitrogen and oxygen atoms in total. The number of hydrogen-bond donors (Lipinski definition) is 0. The normalized spacial score (nSPS) is 11.8. The van der Waals surface area contributed by atoms with Crippen LogP contribution in [0, 0.1) is 16.0 Å². The fraction of sp³-hybridized carbons (Fsp3) is 0.455. The molecular formula is C11H13NO6. The van der Waals surface area contributed by atoms with E-state index in [1.165, 1.54) is 18.4 Å². The Labute approximate surface area is 103 Å². The van der Waals surface area contributed by atoms with Crippen LogP contribution in [0.4, 0.5) is 0 Å². The lowest BCUT2D eigenvalue weighted by Crippen LogP contribution is -2.27. The maximum absolute atomic E-state index is 11.7. The molecule has 0 saturated heterocycles. The summed E-state index contributed by atoms with van der Waals surface area (Å²) in [5.74, 6) is -2.21. The molecule has 0 aliphatic heterocycles. The van der Waals surface area contributed by atoms with E-state index in [1.54, 1.807) is 6.92 Å². The topological polar surface area (TPSA) is 99.7 Å². The summed E-state index contributed by atoms with van der Waals surface area (Å²) >= 11 is 0. The summed E-state index contributed by atoms with van der Waals surface area (Å²) in [6.45, 7) is 1.07. The molecule has 0 amide bonds. The SMILES string of the molecule is CCOC(=O)[C@H](CC(=O)c1ccco1)C[N+](=O)[O-]. The Bertz CT molecular complexity index is 425. The number of ether oxygens (including phenoxy) is 1. The van der Waals surface area contributed by atoms with E-state index < -0.39 is 29.1 Å².